The largest absolute Gasteiger partial charge is 3.00 e. The fourth-order valence-corrected chi connectivity index (χ4v) is 0. The fourth-order valence-electron chi connectivity index (χ4n) is 0. The minimum absolute atomic E-state index is 0. The SMILES string of the molecule is O=P([O-])([O-])[O-].[Ag].[Al+3].[H-].[H-].[Mg+2]. The van der Waals surface area contributed by atoms with Gasteiger partial charge in [0.2, 0.25) is 0 Å². The smallest absolute Gasteiger partial charge is 1.00 e. The third kappa shape index (κ3) is 90.2. The molecule has 0 spiro atoms. The maximum atomic E-state index is 8.55. The summed E-state index contributed by atoms with van der Waals surface area (Å²) < 4.78 is 8.55. The van der Waals surface area contributed by atoms with Crippen molar-refractivity contribution in [3.8, 4) is 0 Å². The minimum Gasteiger partial charge on any atom is -1.00 e. The predicted molar refractivity (Wildman–Crippen MR) is 21.3 cm³/mol. The van der Waals surface area contributed by atoms with Crippen molar-refractivity contribution in [2.24, 2.45) is 0 Å². The first-order chi connectivity index (χ1) is 2.00. The van der Waals surface area contributed by atoms with E-state index in [1.807, 2.05) is 0 Å². The van der Waals surface area contributed by atoms with E-state index in [-0.39, 0.29) is 65.6 Å². The van der Waals surface area contributed by atoms with Gasteiger partial charge in [-0.1, -0.05) is 0 Å². The summed E-state index contributed by atoms with van der Waals surface area (Å²) in [5, 5.41) is 0. The molecular weight excluding hydrogens is 254 g/mol. The second-order valence-corrected chi connectivity index (χ2v) is 1.34. The molecule has 8 heavy (non-hydrogen) atoms. The Morgan fingerprint density at radius 3 is 1.25 bits per heavy atom. The zero-order valence-corrected chi connectivity index (χ0v) is 8.61. The molecule has 0 unspecified atom stereocenters. The molecule has 47 valence electrons. The van der Waals surface area contributed by atoms with Gasteiger partial charge in [-0.25, -0.2) is 0 Å². The van der Waals surface area contributed by atoms with E-state index < -0.39 is 7.82 Å². The van der Waals surface area contributed by atoms with Gasteiger partial charge in [-0.2, -0.15) is 7.82 Å². The molecule has 0 rings (SSSR count). The third-order valence-electron chi connectivity index (χ3n) is 0. The van der Waals surface area contributed by atoms with Gasteiger partial charge >= 0.3 is 40.4 Å². The Kier molecular flexibility index (Phi) is 25.7. The Labute approximate surface area is 92.1 Å². The summed E-state index contributed by atoms with van der Waals surface area (Å²) in [5.74, 6) is 0. The Hall–Kier alpha value is 2.15. The van der Waals surface area contributed by atoms with Crippen molar-refractivity contribution in [1.29, 1.82) is 0 Å². The van der Waals surface area contributed by atoms with Gasteiger partial charge in [-0.05, 0) is 0 Å². The van der Waals surface area contributed by atoms with Crippen LogP contribution in [-0.4, -0.2) is 40.4 Å². The molecule has 0 fully saturated rings. The van der Waals surface area contributed by atoms with Gasteiger partial charge in [-0.15, -0.1) is 0 Å². The van der Waals surface area contributed by atoms with E-state index >= 15 is 0 Å². The molecule has 0 aromatic rings. The van der Waals surface area contributed by atoms with Crippen molar-refractivity contribution in [2.45, 2.75) is 0 Å². The van der Waals surface area contributed by atoms with Gasteiger partial charge in [0.15, 0.2) is 0 Å². The number of hydrogen-bond acceptors (Lipinski definition) is 4. The molecule has 8 heteroatoms. The van der Waals surface area contributed by atoms with Crippen LogP contribution in [0.1, 0.15) is 2.85 Å². The van der Waals surface area contributed by atoms with E-state index in [1.54, 1.807) is 0 Å². The van der Waals surface area contributed by atoms with E-state index in [1.165, 1.54) is 0 Å². The van der Waals surface area contributed by atoms with Crippen molar-refractivity contribution in [3.05, 3.63) is 0 Å². The molecule has 0 aliphatic carbocycles. The Balaban J connectivity index is -0.00000000800. The van der Waals surface area contributed by atoms with Crippen LogP contribution in [0.3, 0.4) is 0 Å². The van der Waals surface area contributed by atoms with E-state index in [2.05, 4.69) is 0 Å². The second-order valence-electron chi connectivity index (χ2n) is 0.447. The van der Waals surface area contributed by atoms with Crippen LogP contribution < -0.4 is 14.7 Å². The van der Waals surface area contributed by atoms with Crippen molar-refractivity contribution < 1.29 is 44.5 Å². The first-order valence-electron chi connectivity index (χ1n) is 0.730. The fraction of sp³-hybridized carbons (Fsp3) is 0. The van der Waals surface area contributed by atoms with E-state index in [4.69, 9.17) is 19.2 Å². The van der Waals surface area contributed by atoms with E-state index in [9.17, 15) is 0 Å². The summed E-state index contributed by atoms with van der Waals surface area (Å²) in [7, 11) is -5.39. The summed E-state index contributed by atoms with van der Waals surface area (Å²) in [6.07, 6.45) is 0. The van der Waals surface area contributed by atoms with Gasteiger partial charge in [-0.3, -0.25) is 0 Å². The van der Waals surface area contributed by atoms with Crippen LogP contribution in [0, 0.1) is 0 Å². The summed E-state index contributed by atoms with van der Waals surface area (Å²) in [6, 6.07) is 0. The maximum absolute atomic E-state index is 8.55. The van der Waals surface area contributed by atoms with Crippen LogP contribution in [0.25, 0.3) is 0 Å². The van der Waals surface area contributed by atoms with Gasteiger partial charge in [0.25, 0.3) is 0 Å². The molecule has 0 amide bonds. The molecule has 0 aliphatic rings. The average Bonchev–Trinajstić information content (AvgIpc) is 0.722. The Morgan fingerprint density at radius 1 is 1.25 bits per heavy atom. The van der Waals surface area contributed by atoms with Crippen LogP contribution >= 0.6 is 7.82 Å². The van der Waals surface area contributed by atoms with Gasteiger partial charge in [0, 0.05) is 22.4 Å². The number of rotatable bonds is 0. The van der Waals surface area contributed by atoms with Crippen molar-refractivity contribution >= 4 is 48.2 Å². The molecule has 0 saturated heterocycles. The van der Waals surface area contributed by atoms with E-state index in [0.717, 1.165) is 0 Å². The zero-order valence-electron chi connectivity index (χ0n) is 5.67. The van der Waals surface area contributed by atoms with Gasteiger partial charge < -0.3 is 22.1 Å². The van der Waals surface area contributed by atoms with Gasteiger partial charge in [0.1, 0.15) is 0 Å². The maximum Gasteiger partial charge on any atom is 3.00 e. The zero-order chi connectivity index (χ0) is 4.50. The van der Waals surface area contributed by atoms with Crippen LogP contribution in [0.5, 0.6) is 0 Å². The van der Waals surface area contributed by atoms with Crippen LogP contribution in [0.15, 0.2) is 0 Å². The molecule has 0 N–H and O–H groups in total. The minimum atomic E-state index is -5.39. The number of hydrogen-bond donors (Lipinski definition) is 0. The van der Waals surface area contributed by atoms with Gasteiger partial charge in [0.05, 0.1) is 0 Å². The topological polar surface area (TPSA) is 86.2 Å². The van der Waals surface area contributed by atoms with Crippen molar-refractivity contribution in [1.82, 2.24) is 0 Å². The Morgan fingerprint density at radius 2 is 1.25 bits per heavy atom. The first-order valence-corrected chi connectivity index (χ1v) is 2.19. The van der Waals surface area contributed by atoms with E-state index in [0.29, 0.717) is 0 Å². The molecule has 4 nitrogen and oxygen atoms in total. The van der Waals surface area contributed by atoms with Crippen molar-refractivity contribution in [3.63, 3.8) is 0 Å². The molecule has 0 saturated carbocycles. The normalized spacial score (nSPS) is 7.38. The molecule has 0 atom stereocenters. The van der Waals surface area contributed by atoms with Crippen LogP contribution in [-0.2, 0) is 26.9 Å². The third-order valence-corrected chi connectivity index (χ3v) is 0. The molecule has 0 aromatic heterocycles. The van der Waals surface area contributed by atoms with Crippen LogP contribution in [0.4, 0.5) is 0 Å². The first kappa shape index (κ1) is 22.5. The molecular formula is H2AgAlMgO4P. The quantitative estimate of drug-likeness (QED) is 0.334. The predicted octanol–water partition coefficient (Wildman–Crippen LogP) is -3.36. The second kappa shape index (κ2) is 9.15. The monoisotopic (exact) mass is 255 g/mol. The standard InChI is InChI=1S/Ag.Al.Mg.H3O4P.2H/c;;;1-5(2,3)4;;/h;;;(H3,1,2,3,4);;/q;+3;+2;;2*-1/p-3. The molecule has 1 radical (unpaired) electrons. The molecule has 0 aromatic carbocycles. The molecule has 0 bridgehead atoms. The molecule has 0 aliphatic heterocycles. The van der Waals surface area contributed by atoms with Crippen LogP contribution in [0.2, 0.25) is 0 Å². The summed E-state index contributed by atoms with van der Waals surface area (Å²) >= 11 is 0. The Bertz CT molecular complexity index is 69.4. The molecule has 0 heterocycles. The average molecular weight is 256 g/mol. The number of phosphoric acid groups is 1. The summed E-state index contributed by atoms with van der Waals surface area (Å²) in [4.78, 5) is 25.6. The summed E-state index contributed by atoms with van der Waals surface area (Å²) in [5.41, 5.74) is 0. The summed E-state index contributed by atoms with van der Waals surface area (Å²) in [6.45, 7) is 0. The van der Waals surface area contributed by atoms with Crippen molar-refractivity contribution in [2.75, 3.05) is 0 Å².